The lowest BCUT2D eigenvalue weighted by atomic mass is 10.2. The largest absolute Gasteiger partial charge is 0.311 e. The molecule has 0 bridgehead atoms. The monoisotopic (exact) mass is 101 g/mol. The fourth-order valence-corrected chi connectivity index (χ4v) is 0.203. The van der Waals surface area contributed by atoms with Gasteiger partial charge in [0.2, 0.25) is 0 Å². The summed E-state index contributed by atoms with van der Waals surface area (Å²) in [5.41, 5.74) is 0. The number of likely N-dealkylation sites (N-methyl/N-ethyl adjacent to an activating group) is 1. The molecule has 0 heterocycles. The van der Waals surface area contributed by atoms with Gasteiger partial charge in [0.15, 0.2) is 0 Å². The van der Waals surface area contributed by atoms with Gasteiger partial charge in [0.05, 0.1) is 6.04 Å². The van der Waals surface area contributed by atoms with E-state index < -0.39 is 0 Å². The van der Waals surface area contributed by atoms with Crippen LogP contribution in [0.4, 0.5) is 0 Å². The van der Waals surface area contributed by atoms with Crippen molar-refractivity contribution in [2.75, 3.05) is 7.05 Å². The molecule has 0 radical (unpaired) electrons. The Morgan fingerprint density at radius 3 is 2.14 bits per heavy atom. The van der Waals surface area contributed by atoms with Crippen molar-refractivity contribution in [1.82, 2.24) is 5.32 Å². The van der Waals surface area contributed by atoms with E-state index in [0.717, 1.165) is 0 Å². The molecule has 2 heteroatoms. The molecule has 0 aromatic carbocycles. The molecule has 1 N–H and O–H groups in total. The summed E-state index contributed by atoms with van der Waals surface area (Å²) >= 11 is 0. The van der Waals surface area contributed by atoms with Crippen LogP contribution in [0.15, 0.2) is 0 Å². The van der Waals surface area contributed by atoms with Crippen molar-refractivity contribution in [1.29, 1.82) is 0 Å². The molecule has 0 rings (SSSR count). The minimum Gasteiger partial charge on any atom is -0.311 e. The fraction of sp³-hybridized carbons (Fsp3) is 0.800. The van der Waals surface area contributed by atoms with Crippen molar-refractivity contribution < 1.29 is 4.79 Å². The van der Waals surface area contributed by atoms with Crippen LogP contribution in [0.1, 0.15) is 13.8 Å². The summed E-state index contributed by atoms with van der Waals surface area (Å²) in [6.07, 6.45) is 0. The number of nitrogens with one attached hydrogen (secondary N) is 1. The van der Waals surface area contributed by atoms with Gasteiger partial charge in [0.25, 0.3) is 0 Å². The zero-order valence-corrected chi connectivity index (χ0v) is 4.99. The van der Waals surface area contributed by atoms with Gasteiger partial charge < -0.3 is 5.32 Å². The Labute approximate surface area is 43.9 Å². The highest BCUT2D eigenvalue weighted by molar-refractivity contribution is 5.80. The lowest BCUT2D eigenvalue weighted by molar-refractivity contribution is -0.118. The van der Waals surface area contributed by atoms with E-state index in [1.54, 1.807) is 14.0 Å². The highest BCUT2D eigenvalue weighted by atomic mass is 16.1. The van der Waals surface area contributed by atoms with E-state index in [1.807, 2.05) is 6.92 Å². The summed E-state index contributed by atoms with van der Waals surface area (Å²) in [4.78, 5) is 10.3. The lowest BCUT2D eigenvalue weighted by Crippen LogP contribution is -2.28. The number of Topliss-reactive ketones (excluding diaryl/α,β-unsaturated/α-hetero) is 1. The summed E-state index contributed by atoms with van der Waals surface area (Å²) in [5, 5.41) is 2.81. The Hall–Kier alpha value is -0.370. The second-order valence-corrected chi connectivity index (χ2v) is 1.62. The maximum atomic E-state index is 10.3. The SMILES string of the molecule is CN[C@H](C)C(C)=O. The van der Waals surface area contributed by atoms with Crippen molar-refractivity contribution in [3.05, 3.63) is 0 Å². The van der Waals surface area contributed by atoms with Crippen molar-refractivity contribution in [3.63, 3.8) is 0 Å². The summed E-state index contributed by atoms with van der Waals surface area (Å²) in [7, 11) is 1.77. The molecule has 0 aliphatic carbocycles. The Balaban J connectivity index is 3.34. The molecule has 0 aliphatic heterocycles. The van der Waals surface area contributed by atoms with Crippen LogP contribution in [0.5, 0.6) is 0 Å². The number of carbonyl (C=O) groups is 1. The van der Waals surface area contributed by atoms with Crippen molar-refractivity contribution in [2.24, 2.45) is 0 Å². The highest BCUT2D eigenvalue weighted by Crippen LogP contribution is 1.77. The van der Waals surface area contributed by atoms with Gasteiger partial charge in [-0.05, 0) is 20.9 Å². The van der Waals surface area contributed by atoms with Gasteiger partial charge in [0.1, 0.15) is 5.78 Å². The molecule has 0 saturated carbocycles. The van der Waals surface area contributed by atoms with Crippen molar-refractivity contribution >= 4 is 5.78 Å². The average Bonchev–Trinajstić information content (AvgIpc) is 1.65. The molecule has 0 saturated heterocycles. The van der Waals surface area contributed by atoms with Gasteiger partial charge in [-0.1, -0.05) is 0 Å². The minimum absolute atomic E-state index is 0.0139. The van der Waals surface area contributed by atoms with Crippen LogP contribution in [0.3, 0.4) is 0 Å². The molecule has 0 aromatic rings. The predicted octanol–water partition coefficient (Wildman–Crippen LogP) is 0.183. The summed E-state index contributed by atoms with van der Waals surface area (Å²) in [6.45, 7) is 3.41. The third-order valence-electron chi connectivity index (χ3n) is 1.04. The molecular weight excluding hydrogens is 90.1 g/mol. The molecule has 42 valence electrons. The topological polar surface area (TPSA) is 29.1 Å². The Kier molecular flexibility index (Phi) is 2.60. The van der Waals surface area contributed by atoms with Gasteiger partial charge in [-0.3, -0.25) is 4.79 Å². The van der Waals surface area contributed by atoms with Crippen LogP contribution in [-0.4, -0.2) is 18.9 Å². The van der Waals surface area contributed by atoms with E-state index in [2.05, 4.69) is 5.32 Å². The first-order valence-electron chi connectivity index (χ1n) is 2.36. The second kappa shape index (κ2) is 2.75. The van der Waals surface area contributed by atoms with Crippen LogP contribution in [0, 0.1) is 0 Å². The standard InChI is InChI=1S/C5H11NO/c1-4(6-3)5(2)7/h4,6H,1-3H3/t4-/m1/s1. The fourth-order valence-electron chi connectivity index (χ4n) is 0.203. The van der Waals surface area contributed by atoms with E-state index in [1.165, 1.54) is 0 Å². The van der Waals surface area contributed by atoms with E-state index in [9.17, 15) is 4.79 Å². The molecule has 0 aromatic heterocycles. The van der Waals surface area contributed by atoms with Crippen LogP contribution in [0.2, 0.25) is 0 Å². The van der Waals surface area contributed by atoms with Gasteiger partial charge in [-0.25, -0.2) is 0 Å². The van der Waals surface area contributed by atoms with E-state index in [-0.39, 0.29) is 11.8 Å². The first kappa shape index (κ1) is 6.63. The predicted molar refractivity (Wildman–Crippen MR) is 29.2 cm³/mol. The molecule has 0 spiro atoms. The quantitative estimate of drug-likeness (QED) is 0.537. The van der Waals surface area contributed by atoms with Gasteiger partial charge >= 0.3 is 0 Å². The molecule has 7 heavy (non-hydrogen) atoms. The maximum Gasteiger partial charge on any atom is 0.146 e. The number of hydrogen-bond acceptors (Lipinski definition) is 2. The Morgan fingerprint density at radius 2 is 2.14 bits per heavy atom. The molecular formula is C5H11NO. The number of carbonyl (C=O) groups excluding carboxylic acids is 1. The molecule has 0 unspecified atom stereocenters. The molecule has 2 nitrogen and oxygen atoms in total. The smallest absolute Gasteiger partial charge is 0.146 e. The number of rotatable bonds is 2. The average molecular weight is 101 g/mol. The Bertz CT molecular complexity index is 70.5. The lowest BCUT2D eigenvalue weighted by Gasteiger charge is -2.01. The van der Waals surface area contributed by atoms with Crippen molar-refractivity contribution in [2.45, 2.75) is 19.9 Å². The van der Waals surface area contributed by atoms with Gasteiger partial charge in [-0.2, -0.15) is 0 Å². The van der Waals surface area contributed by atoms with E-state index in [0.29, 0.717) is 0 Å². The van der Waals surface area contributed by atoms with Crippen LogP contribution >= 0.6 is 0 Å². The number of ketones is 1. The van der Waals surface area contributed by atoms with Crippen LogP contribution < -0.4 is 5.32 Å². The third-order valence-corrected chi connectivity index (χ3v) is 1.04. The summed E-state index contributed by atoms with van der Waals surface area (Å²) in [6, 6.07) is 0.0139. The Morgan fingerprint density at radius 1 is 1.71 bits per heavy atom. The van der Waals surface area contributed by atoms with Crippen LogP contribution in [-0.2, 0) is 4.79 Å². The van der Waals surface area contributed by atoms with Crippen LogP contribution in [0.25, 0.3) is 0 Å². The third kappa shape index (κ3) is 2.34. The van der Waals surface area contributed by atoms with E-state index in [4.69, 9.17) is 0 Å². The number of hydrogen-bond donors (Lipinski definition) is 1. The molecule has 1 atom stereocenters. The summed E-state index contributed by atoms with van der Waals surface area (Å²) in [5.74, 6) is 0.183. The molecule has 0 amide bonds. The molecule has 0 fully saturated rings. The zero-order valence-electron chi connectivity index (χ0n) is 4.99. The van der Waals surface area contributed by atoms with Crippen molar-refractivity contribution in [3.8, 4) is 0 Å². The van der Waals surface area contributed by atoms with E-state index >= 15 is 0 Å². The first-order chi connectivity index (χ1) is 3.18. The highest BCUT2D eigenvalue weighted by Gasteiger charge is 2.00. The maximum absolute atomic E-state index is 10.3. The summed E-state index contributed by atoms with van der Waals surface area (Å²) < 4.78 is 0. The molecule has 0 aliphatic rings. The van der Waals surface area contributed by atoms with Gasteiger partial charge in [-0.15, -0.1) is 0 Å². The first-order valence-corrected chi connectivity index (χ1v) is 2.36. The zero-order chi connectivity index (χ0) is 5.86. The normalized spacial score (nSPS) is 13.6. The van der Waals surface area contributed by atoms with Gasteiger partial charge in [0, 0.05) is 0 Å². The minimum atomic E-state index is 0.0139. The second-order valence-electron chi connectivity index (χ2n) is 1.62.